The molecule has 0 saturated heterocycles. The second kappa shape index (κ2) is 6.91. The van der Waals surface area contributed by atoms with Crippen LogP contribution in [0.3, 0.4) is 0 Å². The number of benzene rings is 2. The first-order valence-electron chi connectivity index (χ1n) is 7.35. The maximum absolute atomic E-state index is 12.4. The number of ketones is 1. The lowest BCUT2D eigenvalue weighted by molar-refractivity contribution is -0.384. The van der Waals surface area contributed by atoms with E-state index in [1.54, 1.807) is 18.2 Å². The Morgan fingerprint density at radius 2 is 1.74 bits per heavy atom. The van der Waals surface area contributed by atoms with Gasteiger partial charge in [-0.25, -0.2) is 0 Å². The summed E-state index contributed by atoms with van der Waals surface area (Å²) in [6, 6.07) is 10.2. The van der Waals surface area contributed by atoms with Gasteiger partial charge in [0.15, 0.2) is 5.78 Å². The Balaban J connectivity index is 2.30. The van der Waals surface area contributed by atoms with Crippen LogP contribution >= 0.6 is 0 Å². The van der Waals surface area contributed by atoms with Gasteiger partial charge in [0.2, 0.25) is 0 Å². The lowest BCUT2D eigenvalue weighted by atomic mass is 10.0. The number of anilines is 1. The molecule has 0 aromatic heterocycles. The number of non-ortho nitro benzene ring substituents is 1. The van der Waals surface area contributed by atoms with Crippen LogP contribution in [0.4, 0.5) is 11.4 Å². The molecule has 0 aliphatic heterocycles. The van der Waals surface area contributed by atoms with Crippen molar-refractivity contribution in [3.8, 4) is 5.75 Å². The van der Waals surface area contributed by atoms with Gasteiger partial charge < -0.3 is 10.0 Å². The van der Waals surface area contributed by atoms with Crippen molar-refractivity contribution in [3.63, 3.8) is 0 Å². The van der Waals surface area contributed by atoms with Crippen molar-refractivity contribution in [2.24, 2.45) is 0 Å². The minimum Gasteiger partial charge on any atom is -0.507 e. The van der Waals surface area contributed by atoms with Gasteiger partial charge in [0.1, 0.15) is 5.75 Å². The first-order chi connectivity index (χ1) is 11.0. The number of nitrogens with zero attached hydrogens (tertiary/aromatic N) is 2. The van der Waals surface area contributed by atoms with Crippen LogP contribution in [0.2, 0.25) is 0 Å². The molecule has 23 heavy (non-hydrogen) atoms. The summed E-state index contributed by atoms with van der Waals surface area (Å²) in [6.45, 7) is 5.62. The molecule has 120 valence electrons. The van der Waals surface area contributed by atoms with Crippen molar-refractivity contribution in [3.05, 3.63) is 63.7 Å². The van der Waals surface area contributed by atoms with Crippen LogP contribution in [-0.4, -0.2) is 28.9 Å². The predicted molar refractivity (Wildman–Crippen MR) is 88.2 cm³/mol. The maximum atomic E-state index is 12.4. The van der Waals surface area contributed by atoms with E-state index in [9.17, 15) is 20.0 Å². The number of carbonyl (C=O) groups is 1. The number of aromatic hydroxyl groups is 1. The molecule has 0 bridgehead atoms. The Hall–Kier alpha value is -2.89. The number of carbonyl (C=O) groups excluding carboxylic acids is 1. The summed E-state index contributed by atoms with van der Waals surface area (Å²) in [5.74, 6) is -0.471. The zero-order valence-electron chi connectivity index (χ0n) is 13.0. The van der Waals surface area contributed by atoms with Crippen LogP contribution in [0.15, 0.2) is 42.5 Å². The summed E-state index contributed by atoms with van der Waals surface area (Å²) in [4.78, 5) is 24.6. The Kier molecular flexibility index (Phi) is 4.95. The highest BCUT2D eigenvalue weighted by Crippen LogP contribution is 2.27. The second-order valence-electron chi connectivity index (χ2n) is 5.01. The molecule has 0 unspecified atom stereocenters. The summed E-state index contributed by atoms with van der Waals surface area (Å²) in [6.07, 6.45) is 0. The van der Waals surface area contributed by atoms with E-state index in [-0.39, 0.29) is 22.8 Å². The Morgan fingerprint density at radius 3 is 2.22 bits per heavy atom. The first kappa shape index (κ1) is 16.5. The fraction of sp³-hybridized carbons (Fsp3) is 0.235. The third-order valence-electron chi connectivity index (χ3n) is 3.69. The summed E-state index contributed by atoms with van der Waals surface area (Å²) in [5, 5.41) is 20.8. The number of phenols is 1. The van der Waals surface area contributed by atoms with Crippen LogP contribution < -0.4 is 4.90 Å². The average Bonchev–Trinajstić information content (AvgIpc) is 2.55. The molecule has 0 radical (unpaired) electrons. The molecule has 6 heteroatoms. The van der Waals surface area contributed by atoms with E-state index in [4.69, 9.17) is 0 Å². The van der Waals surface area contributed by atoms with Crippen molar-refractivity contribution >= 4 is 17.2 Å². The second-order valence-corrected chi connectivity index (χ2v) is 5.01. The molecule has 0 aliphatic carbocycles. The van der Waals surface area contributed by atoms with Gasteiger partial charge in [-0.15, -0.1) is 0 Å². The fourth-order valence-corrected chi connectivity index (χ4v) is 2.39. The van der Waals surface area contributed by atoms with Crippen LogP contribution in [0.1, 0.15) is 29.8 Å². The van der Waals surface area contributed by atoms with Gasteiger partial charge in [-0.3, -0.25) is 14.9 Å². The third kappa shape index (κ3) is 3.48. The molecule has 2 aromatic carbocycles. The van der Waals surface area contributed by atoms with Gasteiger partial charge in [0.05, 0.1) is 10.5 Å². The number of phenolic OH excluding ortho intramolecular Hbond substituents is 1. The Bertz CT molecular complexity index is 722. The summed E-state index contributed by atoms with van der Waals surface area (Å²) in [7, 11) is 0. The standard InChI is InChI=1S/C17H18N2O4/c1-3-18(4-2)14-9-10-15(16(20)11-14)17(21)12-5-7-13(8-6-12)19(22)23/h5-11,20H,3-4H2,1-2H3. The molecular weight excluding hydrogens is 296 g/mol. The summed E-state index contributed by atoms with van der Waals surface area (Å²) >= 11 is 0. The topological polar surface area (TPSA) is 83.7 Å². The zero-order valence-corrected chi connectivity index (χ0v) is 13.0. The largest absolute Gasteiger partial charge is 0.507 e. The van der Waals surface area contributed by atoms with Crippen LogP contribution in [0.25, 0.3) is 0 Å². The van der Waals surface area contributed by atoms with Gasteiger partial charge in [0.25, 0.3) is 5.69 Å². The molecule has 2 aromatic rings. The monoisotopic (exact) mass is 314 g/mol. The van der Waals surface area contributed by atoms with Crippen molar-refractivity contribution in [2.75, 3.05) is 18.0 Å². The van der Waals surface area contributed by atoms with Crippen molar-refractivity contribution in [2.45, 2.75) is 13.8 Å². The van der Waals surface area contributed by atoms with Crippen molar-refractivity contribution in [1.82, 2.24) is 0 Å². The lowest BCUT2D eigenvalue weighted by Crippen LogP contribution is -2.21. The normalized spacial score (nSPS) is 10.3. The van der Waals surface area contributed by atoms with Crippen molar-refractivity contribution < 1.29 is 14.8 Å². The van der Waals surface area contributed by atoms with E-state index in [0.29, 0.717) is 5.56 Å². The SMILES string of the molecule is CCN(CC)c1ccc(C(=O)c2ccc([N+](=O)[O-])cc2)c(O)c1. The molecule has 6 nitrogen and oxygen atoms in total. The third-order valence-corrected chi connectivity index (χ3v) is 3.69. The molecule has 0 amide bonds. The first-order valence-corrected chi connectivity index (χ1v) is 7.35. The molecular formula is C17H18N2O4. The molecule has 0 heterocycles. The van der Waals surface area contributed by atoms with Gasteiger partial charge in [-0.2, -0.15) is 0 Å². The summed E-state index contributed by atoms with van der Waals surface area (Å²) in [5.41, 5.74) is 1.23. The van der Waals surface area contributed by atoms with Crippen LogP contribution in [0, 0.1) is 10.1 Å². The quantitative estimate of drug-likeness (QED) is 0.502. The number of nitro benzene ring substituents is 1. The highest BCUT2D eigenvalue weighted by atomic mass is 16.6. The number of nitro groups is 1. The molecule has 0 spiro atoms. The van der Waals surface area contributed by atoms with Gasteiger partial charge >= 0.3 is 0 Å². The molecule has 0 atom stereocenters. The highest BCUT2D eigenvalue weighted by molar-refractivity contribution is 6.11. The van der Waals surface area contributed by atoms with E-state index in [1.807, 2.05) is 13.8 Å². The highest BCUT2D eigenvalue weighted by Gasteiger charge is 2.16. The van der Waals surface area contributed by atoms with Crippen molar-refractivity contribution in [1.29, 1.82) is 0 Å². The average molecular weight is 314 g/mol. The van der Waals surface area contributed by atoms with Gasteiger partial charge in [-0.1, -0.05) is 0 Å². The Labute approximate surface area is 134 Å². The predicted octanol–water partition coefficient (Wildman–Crippen LogP) is 3.38. The van der Waals surface area contributed by atoms with E-state index < -0.39 is 4.92 Å². The van der Waals surface area contributed by atoms with Crippen LogP contribution in [0.5, 0.6) is 5.75 Å². The molecule has 0 fully saturated rings. The molecule has 0 aliphatic rings. The van der Waals surface area contributed by atoms with E-state index >= 15 is 0 Å². The lowest BCUT2D eigenvalue weighted by Gasteiger charge is -2.21. The van der Waals surface area contributed by atoms with Gasteiger partial charge in [-0.05, 0) is 38.1 Å². The Morgan fingerprint density at radius 1 is 1.13 bits per heavy atom. The molecule has 0 saturated carbocycles. The maximum Gasteiger partial charge on any atom is 0.269 e. The minimum atomic E-state index is -0.523. The van der Waals surface area contributed by atoms with E-state index in [1.165, 1.54) is 24.3 Å². The number of rotatable bonds is 6. The molecule has 1 N–H and O–H groups in total. The number of hydrogen-bond acceptors (Lipinski definition) is 5. The van der Waals surface area contributed by atoms with Crippen LogP contribution in [-0.2, 0) is 0 Å². The zero-order chi connectivity index (χ0) is 17.0. The smallest absolute Gasteiger partial charge is 0.269 e. The number of hydrogen-bond donors (Lipinski definition) is 1. The van der Waals surface area contributed by atoms with E-state index in [0.717, 1.165) is 18.8 Å². The van der Waals surface area contributed by atoms with Gasteiger partial charge in [0, 0.05) is 42.5 Å². The van der Waals surface area contributed by atoms with E-state index in [2.05, 4.69) is 4.90 Å². The molecule has 2 rings (SSSR count). The minimum absolute atomic E-state index is 0.0809. The fourth-order valence-electron chi connectivity index (χ4n) is 2.39. The summed E-state index contributed by atoms with van der Waals surface area (Å²) < 4.78 is 0.